The number of rotatable bonds is 7. The molecule has 0 aliphatic rings. The van der Waals surface area contributed by atoms with Crippen molar-refractivity contribution < 1.29 is 79.4 Å². The lowest BCUT2D eigenvalue weighted by Gasteiger charge is -2.42. The highest BCUT2D eigenvalue weighted by Gasteiger charge is 2.95. The van der Waals surface area contributed by atoms with Crippen molar-refractivity contribution in [3.05, 3.63) is 0 Å². The van der Waals surface area contributed by atoms with Gasteiger partial charge in [-0.25, -0.2) is 0 Å². The Morgan fingerprint density at radius 2 is 0.724 bits per heavy atom. The minimum atomic E-state index is -8.69. The predicted molar refractivity (Wildman–Crippen MR) is 59.2 cm³/mol. The lowest BCUT2D eigenvalue weighted by Crippen LogP contribution is -2.74. The zero-order chi connectivity index (χ0) is 24.3. The number of alkyl halides is 17. The van der Waals surface area contributed by atoms with Crippen LogP contribution >= 0.6 is 11.8 Å². The molecule has 0 unspecified atom stereocenters. The van der Waals surface area contributed by atoms with Gasteiger partial charge in [-0.15, -0.1) is 0 Å². The van der Waals surface area contributed by atoms with Crippen molar-refractivity contribution in [1.29, 1.82) is 0 Å². The van der Waals surface area contributed by atoms with Gasteiger partial charge in [0.15, 0.2) is 0 Å². The van der Waals surface area contributed by atoms with Gasteiger partial charge in [0.1, 0.15) is 0 Å². The summed E-state index contributed by atoms with van der Waals surface area (Å²) in [5.74, 6) is -57.5. The normalized spacial score (nSPS) is 16.2. The first kappa shape index (κ1) is 27.8. The van der Waals surface area contributed by atoms with Gasteiger partial charge in [-0.05, 0) is 6.26 Å². The summed E-state index contributed by atoms with van der Waals surface area (Å²) in [7, 11) is 0. The smallest absolute Gasteiger partial charge is 0.280 e. The predicted octanol–water partition coefficient (Wildman–Crippen LogP) is 5.89. The molecule has 0 heterocycles. The van der Waals surface area contributed by atoms with Crippen molar-refractivity contribution in [3.8, 4) is 0 Å². The van der Waals surface area contributed by atoms with Crippen LogP contribution in [-0.4, -0.2) is 59.0 Å². The summed E-state index contributed by atoms with van der Waals surface area (Å²) in [5, 5.41) is -3.38. The monoisotopic (exact) mass is 494 g/mol. The minimum absolute atomic E-state index is 0.176. The minimum Gasteiger partial charge on any atom is -0.280 e. The molecule has 0 aromatic rings. The van der Waals surface area contributed by atoms with Gasteiger partial charge >= 0.3 is 47.6 Å². The maximum atomic E-state index is 13.2. The summed E-state index contributed by atoms with van der Waals surface area (Å²) in [5.41, 5.74) is 0. The molecule has 0 aliphatic carbocycles. The molecule has 0 rings (SSSR count). The van der Waals surface area contributed by atoms with Crippen molar-refractivity contribution in [2.45, 2.75) is 47.6 Å². The van der Waals surface area contributed by atoms with Gasteiger partial charge in [0.2, 0.25) is 0 Å². The molecule has 0 fully saturated rings. The van der Waals surface area contributed by atoms with E-state index in [0.29, 0.717) is 0 Å². The van der Waals surface area contributed by atoms with E-state index in [2.05, 4.69) is 0 Å². The second-order valence-electron chi connectivity index (χ2n) is 5.01. The Morgan fingerprint density at radius 3 is 0.966 bits per heavy atom. The van der Waals surface area contributed by atoms with Gasteiger partial charge in [-0.3, -0.25) is 4.79 Å². The summed E-state index contributed by atoms with van der Waals surface area (Å²) < 4.78 is 217. The van der Waals surface area contributed by atoms with Gasteiger partial charge in [-0.2, -0.15) is 74.6 Å². The number of carbonyl (C=O) groups excluding carboxylic acids is 1. The maximum Gasteiger partial charge on any atom is 0.460 e. The van der Waals surface area contributed by atoms with E-state index in [1.165, 1.54) is 0 Å². The van der Waals surface area contributed by atoms with Crippen molar-refractivity contribution in [1.82, 2.24) is 0 Å². The first-order valence-electron chi connectivity index (χ1n) is 6.03. The third-order valence-corrected chi connectivity index (χ3v) is 3.79. The molecule has 0 bridgehead atoms. The molecule has 29 heavy (non-hydrogen) atoms. The molecule has 174 valence electrons. The molecular formula is C10H3F17OS. The van der Waals surface area contributed by atoms with E-state index in [-0.39, 0.29) is 6.26 Å². The first-order chi connectivity index (χ1) is 12.2. The van der Waals surface area contributed by atoms with Crippen LogP contribution in [0.5, 0.6) is 0 Å². The highest BCUT2D eigenvalue weighted by Crippen LogP contribution is 2.64. The van der Waals surface area contributed by atoms with Crippen LogP contribution in [0, 0.1) is 0 Å². The maximum absolute atomic E-state index is 13.2. The molecule has 0 N–H and O–H groups in total. The van der Waals surface area contributed by atoms with Crippen LogP contribution in [0.1, 0.15) is 0 Å². The van der Waals surface area contributed by atoms with E-state index in [0.717, 1.165) is 0 Å². The van der Waals surface area contributed by atoms with Crippen LogP contribution in [0.4, 0.5) is 74.6 Å². The van der Waals surface area contributed by atoms with E-state index in [9.17, 15) is 79.4 Å². The lowest BCUT2D eigenvalue weighted by molar-refractivity contribution is -0.459. The van der Waals surface area contributed by atoms with Crippen molar-refractivity contribution >= 4 is 16.9 Å². The third-order valence-electron chi connectivity index (χ3n) is 3.16. The number of hydrogen-bond donors (Lipinski definition) is 0. The zero-order valence-corrected chi connectivity index (χ0v) is 13.6. The lowest BCUT2D eigenvalue weighted by atomic mass is 9.89. The molecule has 0 spiro atoms. The van der Waals surface area contributed by atoms with Gasteiger partial charge in [0, 0.05) is 0 Å². The molecule has 0 aromatic heterocycles. The molecule has 0 amide bonds. The highest BCUT2D eigenvalue weighted by atomic mass is 32.2. The fourth-order valence-electron chi connectivity index (χ4n) is 1.42. The van der Waals surface area contributed by atoms with Crippen LogP contribution in [-0.2, 0) is 4.79 Å². The molecule has 1 nitrogen and oxygen atoms in total. The van der Waals surface area contributed by atoms with Gasteiger partial charge in [-0.1, -0.05) is 11.8 Å². The SMILES string of the molecule is CSC(=O)C(F)(F)C(F)(F)C(F)(F)C(F)(F)C(F)(F)C(F)(F)C(F)(F)C(F)(F)F. The van der Waals surface area contributed by atoms with Crippen LogP contribution in [0.2, 0.25) is 0 Å². The fourth-order valence-corrected chi connectivity index (χ4v) is 1.80. The van der Waals surface area contributed by atoms with Crippen LogP contribution in [0.25, 0.3) is 0 Å². The van der Waals surface area contributed by atoms with E-state index >= 15 is 0 Å². The Hall–Kier alpha value is -1.17. The molecule has 0 saturated carbocycles. The molecule has 19 heteroatoms. The number of halogens is 17. The summed E-state index contributed by atoms with van der Waals surface area (Å²) in [6, 6.07) is 0. The topological polar surface area (TPSA) is 17.1 Å². The van der Waals surface area contributed by atoms with Crippen LogP contribution in [0.3, 0.4) is 0 Å². The van der Waals surface area contributed by atoms with E-state index < -0.39 is 64.5 Å². The zero-order valence-electron chi connectivity index (χ0n) is 12.7. The Morgan fingerprint density at radius 1 is 0.483 bits per heavy atom. The van der Waals surface area contributed by atoms with Gasteiger partial charge in [0.25, 0.3) is 5.12 Å². The molecular weight excluding hydrogens is 491 g/mol. The summed E-state index contributed by atoms with van der Waals surface area (Å²) >= 11 is -1.05. The second kappa shape index (κ2) is 6.93. The van der Waals surface area contributed by atoms with Gasteiger partial charge < -0.3 is 0 Å². The molecule has 0 saturated heterocycles. The quantitative estimate of drug-likeness (QED) is 0.411. The van der Waals surface area contributed by atoms with E-state index in [4.69, 9.17) is 0 Å². The largest absolute Gasteiger partial charge is 0.460 e. The van der Waals surface area contributed by atoms with Gasteiger partial charge in [0.05, 0.1) is 0 Å². The number of hydrogen-bond acceptors (Lipinski definition) is 2. The van der Waals surface area contributed by atoms with Crippen LogP contribution in [0.15, 0.2) is 0 Å². The Balaban J connectivity index is 6.77. The molecule has 0 atom stereocenters. The van der Waals surface area contributed by atoms with Crippen LogP contribution < -0.4 is 0 Å². The van der Waals surface area contributed by atoms with E-state index in [1.54, 1.807) is 0 Å². The molecule has 0 radical (unpaired) electrons. The average molecular weight is 494 g/mol. The summed E-state index contributed by atoms with van der Waals surface area (Å²) in [6.45, 7) is 0. The first-order valence-corrected chi connectivity index (χ1v) is 7.25. The molecule has 0 aliphatic heterocycles. The Labute approximate surface area is 151 Å². The van der Waals surface area contributed by atoms with Crippen molar-refractivity contribution in [2.24, 2.45) is 0 Å². The highest BCUT2D eigenvalue weighted by molar-refractivity contribution is 8.13. The average Bonchev–Trinajstić information content (AvgIpc) is 2.51. The standard InChI is InChI=1S/C10H3F17OS/c1-29-2(28)3(11,12)4(13,14)5(15,16)6(17,18)7(19,20)8(21,22)9(23,24)10(25,26)27/h1H3. The van der Waals surface area contributed by atoms with E-state index in [1.807, 2.05) is 0 Å². The number of thioether (sulfide) groups is 1. The second-order valence-corrected chi connectivity index (χ2v) is 5.79. The molecule has 0 aromatic carbocycles. The Kier molecular flexibility index (Phi) is 6.65. The van der Waals surface area contributed by atoms with Crippen molar-refractivity contribution in [3.63, 3.8) is 0 Å². The third kappa shape index (κ3) is 3.39. The Bertz CT molecular complexity index is 633. The number of carbonyl (C=O) groups is 1. The fraction of sp³-hybridized carbons (Fsp3) is 0.900. The summed E-state index contributed by atoms with van der Waals surface area (Å²) in [6.07, 6.45) is -7.62. The summed E-state index contributed by atoms with van der Waals surface area (Å²) in [4.78, 5) is 10.5. The van der Waals surface area contributed by atoms with Crippen molar-refractivity contribution in [2.75, 3.05) is 6.26 Å².